The van der Waals surface area contributed by atoms with Crippen molar-refractivity contribution in [3.63, 3.8) is 0 Å². The maximum absolute atomic E-state index is 14.4. The molecular weight excluding hydrogens is 510 g/mol. The van der Waals surface area contributed by atoms with Crippen molar-refractivity contribution in [1.82, 2.24) is 14.0 Å². The molecule has 0 bridgehead atoms. The number of rotatable bonds is 8. The zero-order chi connectivity index (χ0) is 28.3. The molecule has 1 amide bonds. The van der Waals surface area contributed by atoms with E-state index in [1.165, 1.54) is 15.0 Å². The van der Waals surface area contributed by atoms with Crippen molar-refractivity contribution in [2.45, 2.75) is 46.8 Å². The van der Waals surface area contributed by atoms with Gasteiger partial charge in [-0.3, -0.25) is 14.0 Å². The van der Waals surface area contributed by atoms with E-state index in [9.17, 15) is 23.2 Å². The van der Waals surface area contributed by atoms with E-state index in [-0.39, 0.29) is 41.3 Å². The summed E-state index contributed by atoms with van der Waals surface area (Å²) in [5.41, 5.74) is -0.549. The molecule has 0 N–H and O–H groups in total. The van der Waals surface area contributed by atoms with E-state index >= 15 is 0 Å². The Kier molecular flexibility index (Phi) is 8.29. The topological polar surface area (TPSA) is 104 Å². The van der Waals surface area contributed by atoms with Crippen molar-refractivity contribution < 1.29 is 27.8 Å². The lowest BCUT2D eigenvalue weighted by molar-refractivity contribution is 0.0523. The lowest BCUT2D eigenvalue weighted by Gasteiger charge is -2.16. The summed E-state index contributed by atoms with van der Waals surface area (Å²) in [5, 5.41) is 0.0782. The van der Waals surface area contributed by atoms with Gasteiger partial charge >= 0.3 is 5.97 Å². The number of nitrogens with zero attached hydrogens (tertiary/aromatic N) is 4. The molecule has 0 radical (unpaired) electrons. The first-order valence-corrected chi connectivity index (χ1v) is 12.5. The number of carbonyl (C=O) groups excluding carboxylic acids is 2. The minimum atomic E-state index is -1.24. The number of aryl methyl sites for hydroxylation is 2. The highest BCUT2D eigenvalue weighted by Gasteiger charge is 2.22. The van der Waals surface area contributed by atoms with Crippen molar-refractivity contribution in [2.24, 2.45) is 4.99 Å². The van der Waals surface area contributed by atoms with Gasteiger partial charge in [0, 0.05) is 19.3 Å². The Morgan fingerprint density at radius 2 is 1.82 bits per heavy atom. The molecule has 0 saturated carbocycles. The molecule has 3 aromatic heterocycles. The zero-order valence-corrected chi connectivity index (χ0v) is 22.0. The van der Waals surface area contributed by atoms with Gasteiger partial charge in [-0.2, -0.15) is 4.99 Å². The van der Waals surface area contributed by atoms with Crippen molar-refractivity contribution >= 4 is 28.6 Å². The second-order valence-corrected chi connectivity index (χ2v) is 9.08. The minimum absolute atomic E-state index is 0.00255. The third-order valence-electron chi connectivity index (χ3n) is 5.96. The van der Waals surface area contributed by atoms with Gasteiger partial charge in [0.25, 0.3) is 11.5 Å². The summed E-state index contributed by atoms with van der Waals surface area (Å²) in [4.78, 5) is 48.4. The number of pyridine rings is 2. The van der Waals surface area contributed by atoms with E-state index in [2.05, 4.69) is 9.98 Å². The Labute approximate surface area is 222 Å². The van der Waals surface area contributed by atoms with Crippen LogP contribution in [0.15, 0.2) is 52.4 Å². The lowest BCUT2D eigenvalue weighted by Crippen LogP contribution is -2.33. The fourth-order valence-electron chi connectivity index (χ4n) is 4.17. The number of aromatic nitrogens is 3. The highest BCUT2D eigenvalue weighted by molar-refractivity contribution is 5.97. The van der Waals surface area contributed by atoms with E-state index in [4.69, 9.17) is 9.47 Å². The van der Waals surface area contributed by atoms with Crippen molar-refractivity contribution in [3.05, 3.63) is 86.8 Å². The summed E-state index contributed by atoms with van der Waals surface area (Å²) in [6.07, 6.45) is 1.91. The van der Waals surface area contributed by atoms with Crippen LogP contribution in [0.25, 0.3) is 16.7 Å². The van der Waals surface area contributed by atoms with Gasteiger partial charge < -0.3 is 14.0 Å². The number of hydrogen-bond acceptors (Lipinski definition) is 6. The van der Waals surface area contributed by atoms with Gasteiger partial charge in [0.05, 0.1) is 18.1 Å². The van der Waals surface area contributed by atoms with Gasteiger partial charge in [0.2, 0.25) is 0 Å². The molecule has 0 saturated heterocycles. The van der Waals surface area contributed by atoms with Crippen molar-refractivity contribution in [3.8, 4) is 0 Å². The Morgan fingerprint density at radius 3 is 2.49 bits per heavy atom. The predicted molar refractivity (Wildman–Crippen MR) is 140 cm³/mol. The summed E-state index contributed by atoms with van der Waals surface area (Å²) in [7, 11) is 0. The van der Waals surface area contributed by atoms with Crippen LogP contribution in [0.4, 0.5) is 8.78 Å². The van der Waals surface area contributed by atoms with Crippen LogP contribution >= 0.6 is 0 Å². The molecule has 9 nitrogen and oxygen atoms in total. The number of fused-ring (bicyclic) bond motifs is 2. The van der Waals surface area contributed by atoms with E-state index in [0.717, 1.165) is 18.2 Å². The number of benzene rings is 1. The molecule has 0 aliphatic heterocycles. The molecule has 3 heterocycles. The largest absolute Gasteiger partial charge is 0.462 e. The number of halogens is 2. The summed E-state index contributed by atoms with van der Waals surface area (Å²) >= 11 is 0. The van der Waals surface area contributed by atoms with Crippen molar-refractivity contribution in [2.75, 3.05) is 13.2 Å². The summed E-state index contributed by atoms with van der Waals surface area (Å²) in [6, 6.07) is 7.74. The normalized spacial score (nSPS) is 12.0. The van der Waals surface area contributed by atoms with Crippen LogP contribution in [-0.4, -0.2) is 45.1 Å². The van der Waals surface area contributed by atoms with Crippen LogP contribution in [-0.2, 0) is 16.0 Å². The Morgan fingerprint density at radius 1 is 1.10 bits per heavy atom. The number of ether oxygens (including phenoxy) is 2. The third kappa shape index (κ3) is 5.63. The molecule has 39 heavy (non-hydrogen) atoms. The quantitative estimate of drug-likeness (QED) is 0.191. The molecule has 204 valence electrons. The fourth-order valence-corrected chi connectivity index (χ4v) is 4.17. The summed E-state index contributed by atoms with van der Waals surface area (Å²) < 4.78 is 42.5. The molecule has 4 rings (SSSR count). The number of amides is 1. The minimum Gasteiger partial charge on any atom is -0.462 e. The fraction of sp³-hybridized carbons (Fsp3) is 0.321. The van der Waals surface area contributed by atoms with Gasteiger partial charge in [-0.05, 0) is 63.9 Å². The van der Waals surface area contributed by atoms with Crippen molar-refractivity contribution in [1.29, 1.82) is 0 Å². The van der Waals surface area contributed by atoms with Crippen LogP contribution in [0.3, 0.4) is 0 Å². The first-order chi connectivity index (χ1) is 18.6. The number of hydrogen-bond donors (Lipinski definition) is 0. The van der Waals surface area contributed by atoms with E-state index in [0.29, 0.717) is 24.2 Å². The van der Waals surface area contributed by atoms with Crippen LogP contribution in [0, 0.1) is 18.6 Å². The molecule has 0 atom stereocenters. The molecule has 0 spiro atoms. The molecule has 11 heteroatoms. The maximum Gasteiger partial charge on any atom is 0.341 e. The first kappa shape index (κ1) is 27.8. The molecular formula is C28H28F2N4O5. The Balaban J connectivity index is 2.09. The van der Waals surface area contributed by atoms with Crippen LogP contribution in [0.2, 0.25) is 0 Å². The summed E-state index contributed by atoms with van der Waals surface area (Å²) in [5.74, 6) is -4.30. The van der Waals surface area contributed by atoms with Gasteiger partial charge in [0.15, 0.2) is 5.49 Å². The highest BCUT2D eigenvalue weighted by Crippen LogP contribution is 2.16. The van der Waals surface area contributed by atoms with Gasteiger partial charge in [-0.15, -0.1) is 0 Å². The summed E-state index contributed by atoms with van der Waals surface area (Å²) in [6.45, 7) is 7.58. The Hall–Kier alpha value is -4.25. The van der Waals surface area contributed by atoms with E-state index in [1.807, 2.05) is 13.8 Å². The van der Waals surface area contributed by atoms with Crippen LogP contribution in [0.1, 0.15) is 53.5 Å². The monoisotopic (exact) mass is 538 g/mol. The average molecular weight is 539 g/mol. The number of esters is 1. The SMILES string of the molecule is CCOC(=O)c1cc2c(=O)n3cccc(C)c3nc2n(CCCOC(C)C)c1=NC(=O)c1c(F)cccc1F. The van der Waals surface area contributed by atoms with E-state index < -0.39 is 34.6 Å². The molecule has 0 fully saturated rings. The smallest absolute Gasteiger partial charge is 0.341 e. The highest BCUT2D eigenvalue weighted by atomic mass is 19.1. The zero-order valence-electron chi connectivity index (χ0n) is 22.0. The second kappa shape index (κ2) is 11.6. The Bertz CT molecular complexity index is 1690. The maximum atomic E-state index is 14.4. The second-order valence-electron chi connectivity index (χ2n) is 9.08. The first-order valence-electron chi connectivity index (χ1n) is 12.5. The molecule has 0 aliphatic rings. The molecule has 0 aliphatic carbocycles. The van der Waals surface area contributed by atoms with Gasteiger partial charge in [-0.25, -0.2) is 18.6 Å². The predicted octanol–water partition coefficient (Wildman–Crippen LogP) is 3.97. The van der Waals surface area contributed by atoms with E-state index in [1.54, 1.807) is 32.2 Å². The van der Waals surface area contributed by atoms with Crippen LogP contribution in [0.5, 0.6) is 0 Å². The van der Waals surface area contributed by atoms with Gasteiger partial charge in [-0.1, -0.05) is 12.1 Å². The lowest BCUT2D eigenvalue weighted by atomic mass is 10.1. The molecule has 4 aromatic rings. The van der Waals surface area contributed by atoms with Crippen LogP contribution < -0.4 is 11.0 Å². The number of carbonyl (C=O) groups is 2. The standard InChI is InChI=1S/C28H28F2N4O5/c1-5-38-28(37)19-15-18-24(31-23-17(4)9-7-12-34(23)27(18)36)33(13-8-14-39-16(2)3)25(19)32-26(35)22-20(29)10-6-11-21(22)30/h6-7,9-12,15-16H,5,8,13-14H2,1-4H3. The molecule has 0 unspecified atom stereocenters. The molecule has 1 aromatic carbocycles. The van der Waals surface area contributed by atoms with Gasteiger partial charge in [0.1, 0.15) is 34.1 Å². The third-order valence-corrected chi connectivity index (χ3v) is 5.96. The average Bonchev–Trinajstić information content (AvgIpc) is 2.88.